The maximum Gasteiger partial charge on any atom is 0.152 e. The van der Waals surface area contributed by atoms with Crippen molar-refractivity contribution in [2.75, 3.05) is 5.32 Å². The Morgan fingerprint density at radius 3 is 2.20 bits per heavy atom. The number of benzene rings is 1. The molecule has 0 saturated heterocycles. The molecule has 0 aromatic heterocycles. The second kappa shape index (κ2) is 6.03. The normalized spacial score (nSPS) is 23.6. The van der Waals surface area contributed by atoms with Crippen LogP contribution in [0.25, 0.3) is 0 Å². The summed E-state index contributed by atoms with van der Waals surface area (Å²) in [6.45, 7) is 6.90. The van der Waals surface area contributed by atoms with Crippen molar-refractivity contribution in [2.45, 2.75) is 52.5 Å². The van der Waals surface area contributed by atoms with Crippen molar-refractivity contribution in [3.63, 3.8) is 0 Å². The Hall–Kier alpha value is -0.600. The molecule has 1 aliphatic carbocycles. The lowest BCUT2D eigenvalue weighted by atomic mass is 9.69. The zero-order valence-electron chi connectivity index (χ0n) is 12.3. The number of hydrogen-bond acceptors (Lipinski definition) is 2. The van der Waals surface area contributed by atoms with Crippen LogP contribution in [0.15, 0.2) is 12.1 Å². The first-order chi connectivity index (χ1) is 9.29. The van der Waals surface area contributed by atoms with E-state index in [0.29, 0.717) is 22.0 Å². The van der Waals surface area contributed by atoms with Gasteiger partial charge in [0.25, 0.3) is 0 Å². The van der Waals surface area contributed by atoms with E-state index in [1.54, 1.807) is 12.1 Å². The number of halogens is 2. The van der Waals surface area contributed by atoms with Gasteiger partial charge in [-0.3, -0.25) is 0 Å². The maximum absolute atomic E-state index is 9.63. The molecule has 0 heterocycles. The van der Waals surface area contributed by atoms with Crippen molar-refractivity contribution in [1.29, 1.82) is 0 Å². The molecule has 4 heteroatoms. The minimum absolute atomic E-state index is 0.0464. The van der Waals surface area contributed by atoms with Gasteiger partial charge in [0.15, 0.2) is 5.75 Å². The van der Waals surface area contributed by atoms with Gasteiger partial charge in [0.1, 0.15) is 0 Å². The lowest BCUT2D eigenvalue weighted by Gasteiger charge is -2.41. The van der Waals surface area contributed by atoms with Gasteiger partial charge in [-0.25, -0.2) is 0 Å². The summed E-state index contributed by atoms with van der Waals surface area (Å²) < 4.78 is 0. The van der Waals surface area contributed by atoms with E-state index in [-0.39, 0.29) is 11.2 Å². The van der Waals surface area contributed by atoms with Gasteiger partial charge in [-0.2, -0.15) is 0 Å². The van der Waals surface area contributed by atoms with Gasteiger partial charge in [0, 0.05) is 11.7 Å². The first-order valence-electron chi connectivity index (χ1n) is 7.23. The number of anilines is 1. The highest BCUT2D eigenvalue weighted by atomic mass is 35.5. The molecule has 1 aromatic rings. The first-order valence-corrected chi connectivity index (χ1v) is 7.99. The van der Waals surface area contributed by atoms with Crippen molar-refractivity contribution < 1.29 is 5.11 Å². The van der Waals surface area contributed by atoms with E-state index >= 15 is 0 Å². The Kier molecular flexibility index (Phi) is 4.76. The molecule has 1 aromatic carbocycles. The summed E-state index contributed by atoms with van der Waals surface area (Å²) in [6, 6.07) is 3.93. The molecule has 2 nitrogen and oxygen atoms in total. The fraction of sp³-hybridized carbons (Fsp3) is 0.625. The molecular formula is C16H23Cl2NO. The molecule has 20 heavy (non-hydrogen) atoms. The third-order valence-corrected chi connectivity index (χ3v) is 4.82. The van der Waals surface area contributed by atoms with Crippen molar-refractivity contribution in [1.82, 2.24) is 0 Å². The van der Waals surface area contributed by atoms with Crippen LogP contribution in [0.1, 0.15) is 46.5 Å². The third-order valence-electron chi connectivity index (χ3n) is 4.25. The predicted octanol–water partition coefficient (Wildman–Crippen LogP) is 5.72. The summed E-state index contributed by atoms with van der Waals surface area (Å²) in [5, 5.41) is 13.8. The molecular weight excluding hydrogens is 293 g/mol. The molecule has 1 aliphatic rings. The molecule has 0 spiro atoms. The highest BCUT2D eigenvalue weighted by molar-refractivity contribution is 6.37. The average Bonchev–Trinajstić information content (AvgIpc) is 2.35. The molecule has 0 bridgehead atoms. The van der Waals surface area contributed by atoms with Crippen molar-refractivity contribution in [3.05, 3.63) is 22.2 Å². The lowest BCUT2D eigenvalue weighted by molar-refractivity contribution is 0.163. The Morgan fingerprint density at radius 1 is 1.10 bits per heavy atom. The molecule has 2 atom stereocenters. The van der Waals surface area contributed by atoms with E-state index < -0.39 is 0 Å². The van der Waals surface area contributed by atoms with Crippen LogP contribution >= 0.6 is 23.2 Å². The number of rotatable bonds is 2. The predicted molar refractivity (Wildman–Crippen MR) is 87.0 cm³/mol. The molecule has 2 unspecified atom stereocenters. The molecule has 0 aliphatic heterocycles. The van der Waals surface area contributed by atoms with Crippen molar-refractivity contribution in [3.8, 4) is 5.75 Å². The first kappa shape index (κ1) is 15.8. The van der Waals surface area contributed by atoms with Crippen LogP contribution in [-0.2, 0) is 0 Å². The summed E-state index contributed by atoms with van der Waals surface area (Å²) in [7, 11) is 0. The van der Waals surface area contributed by atoms with Crippen LogP contribution in [0.2, 0.25) is 10.0 Å². The lowest BCUT2D eigenvalue weighted by Crippen LogP contribution is -2.39. The van der Waals surface area contributed by atoms with Crippen LogP contribution < -0.4 is 5.32 Å². The van der Waals surface area contributed by atoms with Crippen LogP contribution in [-0.4, -0.2) is 11.1 Å². The Bertz CT molecular complexity index is 459. The van der Waals surface area contributed by atoms with E-state index in [1.165, 1.54) is 19.3 Å². The highest BCUT2D eigenvalue weighted by Gasteiger charge is 2.34. The number of phenolic OH excluding ortho intramolecular Hbond substituents is 1. The van der Waals surface area contributed by atoms with Crippen LogP contribution in [0.4, 0.5) is 5.69 Å². The zero-order valence-corrected chi connectivity index (χ0v) is 13.9. The topological polar surface area (TPSA) is 32.3 Å². The number of aromatic hydroxyl groups is 1. The quantitative estimate of drug-likeness (QED) is 0.684. The van der Waals surface area contributed by atoms with Gasteiger partial charge >= 0.3 is 0 Å². The number of phenols is 1. The molecule has 1 fully saturated rings. The minimum Gasteiger partial charge on any atom is -0.505 e. The summed E-state index contributed by atoms with van der Waals surface area (Å²) in [6.07, 6.45) is 4.97. The number of nitrogens with one attached hydrogen (secondary N) is 1. The zero-order chi connectivity index (χ0) is 14.9. The molecule has 2 rings (SSSR count). The average molecular weight is 316 g/mol. The summed E-state index contributed by atoms with van der Waals surface area (Å²) in [5.41, 5.74) is 1.17. The highest BCUT2D eigenvalue weighted by Crippen LogP contribution is 2.41. The fourth-order valence-electron chi connectivity index (χ4n) is 3.20. The SMILES string of the molecule is CC(C)(C)C1CCCCC1Nc1cc(Cl)c(O)c(Cl)c1. The Balaban J connectivity index is 2.19. The van der Waals surface area contributed by atoms with Gasteiger partial charge in [-0.15, -0.1) is 0 Å². The van der Waals surface area contributed by atoms with Gasteiger partial charge < -0.3 is 10.4 Å². The molecule has 0 radical (unpaired) electrons. The van der Waals surface area contributed by atoms with Crippen molar-refractivity contribution >= 4 is 28.9 Å². The van der Waals surface area contributed by atoms with Crippen LogP contribution in [0.5, 0.6) is 5.75 Å². The monoisotopic (exact) mass is 315 g/mol. The molecule has 1 saturated carbocycles. The Morgan fingerprint density at radius 2 is 1.65 bits per heavy atom. The van der Waals surface area contributed by atoms with Crippen molar-refractivity contribution in [2.24, 2.45) is 11.3 Å². The van der Waals surface area contributed by atoms with Crippen LogP contribution in [0, 0.1) is 11.3 Å². The largest absolute Gasteiger partial charge is 0.505 e. The second-order valence-corrected chi connectivity index (χ2v) is 7.61. The van der Waals surface area contributed by atoms with Gasteiger partial charge in [-0.05, 0) is 36.3 Å². The minimum atomic E-state index is -0.0464. The third kappa shape index (κ3) is 3.53. The standard InChI is InChI=1S/C16H23Cl2NO/c1-16(2,3)11-6-4-5-7-14(11)19-10-8-12(17)15(20)13(18)9-10/h8-9,11,14,19-20H,4-7H2,1-3H3. The second-order valence-electron chi connectivity index (χ2n) is 6.80. The summed E-state index contributed by atoms with van der Waals surface area (Å²) in [4.78, 5) is 0. The van der Waals surface area contributed by atoms with E-state index in [9.17, 15) is 5.11 Å². The molecule has 0 amide bonds. The fourth-order valence-corrected chi connectivity index (χ4v) is 3.69. The van der Waals surface area contributed by atoms with Gasteiger partial charge in [0.2, 0.25) is 0 Å². The van der Waals surface area contributed by atoms with Gasteiger partial charge in [0.05, 0.1) is 10.0 Å². The van der Waals surface area contributed by atoms with E-state index in [0.717, 1.165) is 12.1 Å². The van der Waals surface area contributed by atoms with Crippen LogP contribution in [0.3, 0.4) is 0 Å². The summed E-state index contributed by atoms with van der Waals surface area (Å²) in [5.74, 6) is 0.581. The molecule has 2 N–H and O–H groups in total. The Labute approximate surface area is 131 Å². The summed E-state index contributed by atoms with van der Waals surface area (Å²) >= 11 is 12.0. The van der Waals surface area contributed by atoms with E-state index in [2.05, 4.69) is 26.1 Å². The molecule has 112 valence electrons. The smallest absolute Gasteiger partial charge is 0.152 e. The van der Waals surface area contributed by atoms with E-state index in [1.807, 2.05) is 0 Å². The van der Waals surface area contributed by atoms with E-state index in [4.69, 9.17) is 23.2 Å². The number of hydrogen-bond donors (Lipinski definition) is 2. The van der Waals surface area contributed by atoms with Gasteiger partial charge in [-0.1, -0.05) is 56.8 Å². The maximum atomic E-state index is 9.63.